The van der Waals surface area contributed by atoms with Crippen molar-refractivity contribution in [3.8, 4) is 11.5 Å². The number of benzene rings is 2. The maximum absolute atomic E-state index is 12.6. The molecule has 7 heteroatoms. The van der Waals surface area contributed by atoms with E-state index in [1.165, 1.54) is 0 Å². The van der Waals surface area contributed by atoms with Crippen molar-refractivity contribution < 1.29 is 23.8 Å². The van der Waals surface area contributed by atoms with E-state index in [-0.39, 0.29) is 24.8 Å². The molecule has 2 aromatic carbocycles. The number of carbonyl (C=O) groups is 2. The van der Waals surface area contributed by atoms with Crippen molar-refractivity contribution >= 4 is 17.7 Å². The van der Waals surface area contributed by atoms with Gasteiger partial charge in [0.05, 0.1) is 0 Å². The second kappa shape index (κ2) is 8.21. The fraction of sp³-hybridized carbons (Fsp3) is 0.333. The van der Waals surface area contributed by atoms with Gasteiger partial charge in [0.1, 0.15) is 6.10 Å². The number of hydrogen-bond acceptors (Lipinski definition) is 5. The number of para-hydroxylation sites is 1. The van der Waals surface area contributed by atoms with Crippen LogP contribution in [0.3, 0.4) is 0 Å². The van der Waals surface area contributed by atoms with E-state index in [0.717, 1.165) is 19.3 Å². The molecule has 2 atom stereocenters. The van der Waals surface area contributed by atoms with E-state index in [1.54, 1.807) is 30.3 Å². The normalized spacial score (nSPS) is 20.3. The van der Waals surface area contributed by atoms with Crippen molar-refractivity contribution in [1.82, 2.24) is 5.32 Å². The Morgan fingerprint density at radius 2 is 1.82 bits per heavy atom. The van der Waals surface area contributed by atoms with E-state index in [0.29, 0.717) is 29.2 Å². The van der Waals surface area contributed by atoms with E-state index in [1.807, 2.05) is 18.2 Å². The van der Waals surface area contributed by atoms with Gasteiger partial charge in [0.15, 0.2) is 11.5 Å². The average molecular weight is 382 g/mol. The first-order chi connectivity index (χ1) is 13.7. The molecule has 28 heavy (non-hydrogen) atoms. The summed E-state index contributed by atoms with van der Waals surface area (Å²) in [6, 6.07) is 14.3. The first kappa shape index (κ1) is 18.2. The number of hydrogen-bond donors (Lipinski definition) is 2. The molecule has 2 amide bonds. The molecule has 0 bridgehead atoms. The molecule has 1 aliphatic heterocycles. The van der Waals surface area contributed by atoms with Crippen molar-refractivity contribution in [2.75, 3.05) is 12.1 Å². The van der Waals surface area contributed by atoms with Crippen LogP contribution in [0.25, 0.3) is 0 Å². The molecule has 2 N–H and O–H groups in total. The average Bonchev–Trinajstić information content (AvgIpc) is 3.16. The fourth-order valence-electron chi connectivity index (χ4n) is 3.51. The second-order valence-electron chi connectivity index (χ2n) is 6.92. The third kappa shape index (κ3) is 4.36. The molecule has 146 valence electrons. The van der Waals surface area contributed by atoms with Crippen LogP contribution in [0.15, 0.2) is 48.5 Å². The number of nitrogens with one attached hydrogen (secondary N) is 2. The lowest BCUT2D eigenvalue weighted by Crippen LogP contribution is -2.41. The Balaban J connectivity index is 1.30. The summed E-state index contributed by atoms with van der Waals surface area (Å²) in [5.74, 6) is 1.06. The van der Waals surface area contributed by atoms with Gasteiger partial charge in [-0.3, -0.25) is 10.1 Å². The van der Waals surface area contributed by atoms with Crippen LogP contribution in [0.5, 0.6) is 11.5 Å². The number of amides is 2. The van der Waals surface area contributed by atoms with Crippen molar-refractivity contribution in [3.63, 3.8) is 0 Å². The predicted octanol–water partition coefficient (Wildman–Crippen LogP) is 3.71. The Kier molecular flexibility index (Phi) is 5.32. The molecule has 0 radical (unpaired) electrons. The third-order valence-electron chi connectivity index (χ3n) is 4.89. The Labute approximate surface area is 163 Å². The fourth-order valence-corrected chi connectivity index (χ4v) is 3.51. The molecule has 1 fully saturated rings. The molecule has 2 aliphatic rings. The maximum atomic E-state index is 12.6. The Hall–Kier alpha value is -3.22. The highest BCUT2D eigenvalue weighted by atomic mass is 16.7. The summed E-state index contributed by atoms with van der Waals surface area (Å²) in [5.41, 5.74) is 1.21. The predicted molar refractivity (Wildman–Crippen MR) is 103 cm³/mol. The van der Waals surface area contributed by atoms with E-state index in [9.17, 15) is 9.59 Å². The number of fused-ring (bicyclic) bond motifs is 1. The molecule has 7 nitrogen and oxygen atoms in total. The second-order valence-corrected chi connectivity index (χ2v) is 6.92. The number of anilines is 1. The lowest BCUT2D eigenvalue weighted by atomic mass is 9.92. The minimum absolute atomic E-state index is 0.0406. The van der Waals surface area contributed by atoms with Crippen molar-refractivity contribution in [2.45, 2.75) is 37.8 Å². The van der Waals surface area contributed by atoms with Gasteiger partial charge >= 0.3 is 6.09 Å². The first-order valence-electron chi connectivity index (χ1n) is 9.40. The smallest absolute Gasteiger partial charge is 0.411 e. The molecular weight excluding hydrogens is 360 g/mol. The van der Waals surface area contributed by atoms with Gasteiger partial charge in [-0.25, -0.2) is 4.79 Å². The van der Waals surface area contributed by atoms with Gasteiger partial charge in [-0.1, -0.05) is 18.2 Å². The van der Waals surface area contributed by atoms with Crippen LogP contribution in [0.2, 0.25) is 0 Å². The zero-order chi connectivity index (χ0) is 19.3. The van der Waals surface area contributed by atoms with Gasteiger partial charge in [-0.05, 0) is 49.6 Å². The Bertz CT molecular complexity index is 855. The van der Waals surface area contributed by atoms with Crippen LogP contribution < -0.4 is 20.1 Å². The van der Waals surface area contributed by atoms with Gasteiger partial charge in [0, 0.05) is 23.7 Å². The third-order valence-corrected chi connectivity index (χ3v) is 4.89. The topological polar surface area (TPSA) is 85.9 Å². The van der Waals surface area contributed by atoms with Gasteiger partial charge in [-0.2, -0.15) is 0 Å². The van der Waals surface area contributed by atoms with Crippen LogP contribution in [0, 0.1) is 0 Å². The molecule has 0 aromatic heterocycles. The van der Waals surface area contributed by atoms with Crippen molar-refractivity contribution in [2.24, 2.45) is 0 Å². The van der Waals surface area contributed by atoms with E-state index >= 15 is 0 Å². The van der Waals surface area contributed by atoms with Crippen LogP contribution in [0.4, 0.5) is 10.5 Å². The minimum atomic E-state index is -0.473. The lowest BCUT2D eigenvalue weighted by Gasteiger charge is -2.29. The summed E-state index contributed by atoms with van der Waals surface area (Å²) in [6.07, 6.45) is 2.43. The molecule has 0 saturated heterocycles. The van der Waals surface area contributed by atoms with Gasteiger partial charge in [-0.15, -0.1) is 0 Å². The molecular formula is C21H22N2O5. The van der Waals surface area contributed by atoms with Gasteiger partial charge in [0.25, 0.3) is 5.91 Å². The Morgan fingerprint density at radius 3 is 2.68 bits per heavy atom. The molecule has 0 spiro atoms. The summed E-state index contributed by atoms with van der Waals surface area (Å²) in [7, 11) is 0. The highest BCUT2D eigenvalue weighted by molar-refractivity contribution is 5.95. The largest absolute Gasteiger partial charge is 0.454 e. The molecule has 2 unspecified atom stereocenters. The highest BCUT2D eigenvalue weighted by Crippen LogP contribution is 2.32. The van der Waals surface area contributed by atoms with Crippen molar-refractivity contribution in [1.29, 1.82) is 0 Å². The van der Waals surface area contributed by atoms with E-state index in [2.05, 4.69) is 10.6 Å². The zero-order valence-electron chi connectivity index (χ0n) is 15.4. The van der Waals surface area contributed by atoms with Gasteiger partial charge in [0.2, 0.25) is 6.79 Å². The highest BCUT2D eigenvalue weighted by Gasteiger charge is 2.27. The first-order valence-corrected chi connectivity index (χ1v) is 9.40. The molecule has 1 heterocycles. The Morgan fingerprint density at radius 1 is 1.00 bits per heavy atom. The standard InChI is InChI=1S/C21H22N2O5/c24-20(14-9-10-18-19(11-14)27-13-26-18)22-16-7-4-8-17(12-16)28-21(25)23-15-5-2-1-3-6-15/h1-3,5-6,9-11,16-17H,4,7-8,12-13H2,(H,22,24)(H,23,25). The van der Waals surface area contributed by atoms with E-state index < -0.39 is 6.09 Å². The van der Waals surface area contributed by atoms with Crippen LogP contribution in [-0.4, -0.2) is 30.9 Å². The molecule has 1 saturated carbocycles. The van der Waals surface area contributed by atoms with Crippen LogP contribution >= 0.6 is 0 Å². The van der Waals surface area contributed by atoms with E-state index in [4.69, 9.17) is 14.2 Å². The number of ether oxygens (including phenoxy) is 3. The lowest BCUT2D eigenvalue weighted by molar-refractivity contribution is 0.0712. The summed E-state index contributed by atoms with van der Waals surface area (Å²) in [6.45, 7) is 0.174. The summed E-state index contributed by atoms with van der Waals surface area (Å²) in [4.78, 5) is 24.6. The number of carbonyl (C=O) groups excluding carboxylic acids is 2. The van der Waals surface area contributed by atoms with Crippen molar-refractivity contribution in [3.05, 3.63) is 54.1 Å². The van der Waals surface area contributed by atoms with Crippen LogP contribution in [0.1, 0.15) is 36.0 Å². The van der Waals surface area contributed by atoms with Gasteiger partial charge < -0.3 is 19.5 Å². The minimum Gasteiger partial charge on any atom is -0.454 e. The molecule has 2 aromatic rings. The summed E-state index contributed by atoms with van der Waals surface area (Å²) >= 11 is 0. The van der Waals surface area contributed by atoms with Crippen LogP contribution in [-0.2, 0) is 4.74 Å². The summed E-state index contributed by atoms with van der Waals surface area (Å²) in [5, 5.41) is 5.75. The SMILES string of the molecule is O=C(Nc1ccccc1)OC1CCCC(NC(=O)c2ccc3c(c2)OCO3)C1. The molecule has 4 rings (SSSR count). The molecule has 1 aliphatic carbocycles. The maximum Gasteiger partial charge on any atom is 0.411 e. The number of rotatable bonds is 4. The monoisotopic (exact) mass is 382 g/mol. The zero-order valence-corrected chi connectivity index (χ0v) is 15.4. The summed E-state index contributed by atoms with van der Waals surface area (Å²) < 4.78 is 16.1. The quantitative estimate of drug-likeness (QED) is 0.842.